The van der Waals surface area contributed by atoms with Crippen LogP contribution in [0.4, 0.5) is 10.1 Å². The van der Waals surface area contributed by atoms with E-state index in [0.717, 1.165) is 6.07 Å². The number of pyridine rings is 1. The largest absolute Gasteiger partial charge is 0.497 e. The molecule has 0 saturated heterocycles. The third-order valence-corrected chi connectivity index (χ3v) is 7.24. The number of halogens is 1. The molecule has 1 amide bonds. The number of anilines is 1. The van der Waals surface area contributed by atoms with Crippen LogP contribution in [0.1, 0.15) is 23.0 Å². The predicted octanol–water partition coefficient (Wildman–Crippen LogP) is 4.29. The number of nitrogens with one attached hydrogen (secondary N) is 1. The number of methoxy groups -OCH3 is 1. The van der Waals surface area contributed by atoms with E-state index in [1.54, 1.807) is 86.4 Å². The molecule has 0 radical (unpaired) electrons. The molecule has 270 valence electrons. The number of hydrogen-bond donors (Lipinski definition) is 4. The van der Waals surface area contributed by atoms with Crippen LogP contribution in [0.5, 0.6) is 17.2 Å². The Kier molecular flexibility index (Phi) is 12.6. The highest BCUT2D eigenvalue weighted by Gasteiger charge is 2.26. The number of nitrogens with two attached hydrogens (primary N) is 1. The number of carbonyl (C=O) groups excluding carboxylic acids is 2. The standard InChI is InChI=1S/C32H30FN5O6.C4H4O4/c1-19(43-29(39)17-34)18-37-20(2)30(32(41)38(37)22-7-5-4-6-8-22)31(40)36-21-9-12-28(25(33)15-21)44-27-13-14-35-26-16-23(42-3)10-11-24(26)27;5-3(6)1-2-4(7)8/h4-16,19H,17-18,34H2,1-3H3,(H,36,40);1-2H,(H,5,6)(H,7,8)/t19-;/m0./s1. The van der Waals surface area contributed by atoms with Gasteiger partial charge in [-0.2, -0.15) is 0 Å². The molecule has 1 atom stereocenters. The Hall–Kier alpha value is -6.81. The zero-order valence-electron chi connectivity index (χ0n) is 28.1. The molecule has 52 heavy (non-hydrogen) atoms. The molecule has 0 saturated carbocycles. The molecular formula is C36H34FN5O10. The monoisotopic (exact) mass is 715 g/mol. The molecule has 0 aliphatic rings. The van der Waals surface area contributed by atoms with Gasteiger partial charge in [-0.25, -0.2) is 18.7 Å². The van der Waals surface area contributed by atoms with E-state index in [1.807, 2.05) is 0 Å². The van der Waals surface area contributed by atoms with Crippen LogP contribution in [0, 0.1) is 12.7 Å². The van der Waals surface area contributed by atoms with E-state index in [1.165, 1.54) is 16.8 Å². The molecule has 15 nitrogen and oxygen atoms in total. The average molecular weight is 716 g/mol. The molecular weight excluding hydrogens is 681 g/mol. The summed E-state index contributed by atoms with van der Waals surface area (Å²) in [5.41, 5.74) is 6.19. The number of carboxylic acids is 2. The molecule has 0 fully saturated rings. The number of benzene rings is 3. The van der Waals surface area contributed by atoms with E-state index in [9.17, 15) is 24.0 Å². The normalized spacial score (nSPS) is 11.3. The van der Waals surface area contributed by atoms with Gasteiger partial charge in [0.15, 0.2) is 11.6 Å². The molecule has 16 heteroatoms. The van der Waals surface area contributed by atoms with E-state index >= 15 is 4.39 Å². The van der Waals surface area contributed by atoms with Gasteiger partial charge in [0.2, 0.25) is 0 Å². The Morgan fingerprint density at radius 2 is 1.67 bits per heavy atom. The van der Waals surface area contributed by atoms with Crippen LogP contribution in [-0.2, 0) is 25.7 Å². The number of ether oxygens (including phenoxy) is 3. The van der Waals surface area contributed by atoms with Crippen LogP contribution in [-0.4, -0.2) is 68.1 Å². The van der Waals surface area contributed by atoms with E-state index in [4.69, 9.17) is 30.2 Å². The molecule has 2 heterocycles. The summed E-state index contributed by atoms with van der Waals surface area (Å²) in [7, 11) is 1.55. The van der Waals surface area contributed by atoms with Crippen molar-refractivity contribution in [2.24, 2.45) is 5.73 Å². The predicted molar refractivity (Wildman–Crippen MR) is 187 cm³/mol. The van der Waals surface area contributed by atoms with Crippen LogP contribution in [0.2, 0.25) is 0 Å². The average Bonchev–Trinajstić information content (AvgIpc) is 3.36. The van der Waals surface area contributed by atoms with Crippen LogP contribution in [0.15, 0.2) is 95.9 Å². The maximum atomic E-state index is 15.2. The lowest BCUT2D eigenvalue weighted by Gasteiger charge is -2.18. The van der Waals surface area contributed by atoms with Gasteiger partial charge in [0.25, 0.3) is 11.5 Å². The van der Waals surface area contributed by atoms with Crippen LogP contribution < -0.4 is 26.1 Å². The van der Waals surface area contributed by atoms with Crippen molar-refractivity contribution in [3.63, 3.8) is 0 Å². The molecule has 5 aromatic rings. The molecule has 0 unspecified atom stereocenters. The van der Waals surface area contributed by atoms with E-state index in [2.05, 4.69) is 10.3 Å². The molecule has 2 aromatic heterocycles. The van der Waals surface area contributed by atoms with Crippen molar-refractivity contribution in [1.29, 1.82) is 0 Å². The second-order valence-electron chi connectivity index (χ2n) is 10.9. The Morgan fingerprint density at radius 1 is 0.981 bits per heavy atom. The molecule has 0 bridgehead atoms. The van der Waals surface area contributed by atoms with Gasteiger partial charge in [-0.05, 0) is 56.3 Å². The van der Waals surface area contributed by atoms with Gasteiger partial charge in [0.1, 0.15) is 23.2 Å². The summed E-state index contributed by atoms with van der Waals surface area (Å²) in [5.74, 6) is -3.63. The lowest BCUT2D eigenvalue weighted by Crippen LogP contribution is -2.30. The lowest BCUT2D eigenvalue weighted by molar-refractivity contribution is -0.147. The molecule has 0 aliphatic heterocycles. The van der Waals surface area contributed by atoms with Crippen molar-refractivity contribution in [1.82, 2.24) is 14.3 Å². The second-order valence-corrected chi connectivity index (χ2v) is 10.9. The fourth-order valence-electron chi connectivity index (χ4n) is 4.94. The second kappa shape index (κ2) is 17.2. The highest BCUT2D eigenvalue weighted by molar-refractivity contribution is 6.05. The highest BCUT2D eigenvalue weighted by Crippen LogP contribution is 2.33. The molecule has 3 aromatic carbocycles. The fourth-order valence-corrected chi connectivity index (χ4v) is 4.94. The van der Waals surface area contributed by atoms with Gasteiger partial charge in [-0.15, -0.1) is 0 Å². The van der Waals surface area contributed by atoms with Gasteiger partial charge in [-0.3, -0.25) is 24.0 Å². The Bertz CT molecular complexity index is 2180. The Balaban J connectivity index is 0.000000677. The highest BCUT2D eigenvalue weighted by atomic mass is 19.1. The molecule has 0 spiro atoms. The Morgan fingerprint density at radius 3 is 2.29 bits per heavy atom. The number of rotatable bonds is 12. The van der Waals surface area contributed by atoms with Crippen LogP contribution in [0.3, 0.4) is 0 Å². The van der Waals surface area contributed by atoms with Gasteiger partial charge in [-0.1, -0.05) is 18.2 Å². The zero-order chi connectivity index (χ0) is 37.9. The molecule has 5 rings (SSSR count). The minimum atomic E-state index is -1.26. The number of carboxylic acid groups (broad SMARTS) is 2. The molecule has 5 N–H and O–H groups in total. The summed E-state index contributed by atoms with van der Waals surface area (Å²) in [6, 6.07) is 19.6. The maximum absolute atomic E-state index is 15.2. The van der Waals surface area contributed by atoms with Gasteiger partial charge in [0, 0.05) is 41.6 Å². The maximum Gasteiger partial charge on any atom is 0.328 e. The first-order chi connectivity index (χ1) is 24.8. The summed E-state index contributed by atoms with van der Waals surface area (Å²) in [4.78, 5) is 62.2. The van der Waals surface area contributed by atoms with Crippen molar-refractivity contribution < 1.29 is 48.0 Å². The first kappa shape index (κ1) is 38.0. The number of hydrogen-bond acceptors (Lipinski definition) is 10. The van der Waals surface area contributed by atoms with Crippen LogP contribution >= 0.6 is 0 Å². The number of fused-ring (bicyclic) bond motifs is 1. The molecule has 0 aliphatic carbocycles. The quantitative estimate of drug-likeness (QED) is 0.105. The minimum Gasteiger partial charge on any atom is -0.497 e. The number of aromatic nitrogens is 3. The number of esters is 1. The summed E-state index contributed by atoms with van der Waals surface area (Å²) >= 11 is 0. The number of para-hydroxylation sites is 1. The van der Waals surface area contributed by atoms with E-state index < -0.39 is 41.3 Å². The van der Waals surface area contributed by atoms with Crippen molar-refractivity contribution in [2.75, 3.05) is 19.0 Å². The van der Waals surface area contributed by atoms with Crippen LogP contribution in [0.25, 0.3) is 16.6 Å². The van der Waals surface area contributed by atoms with Crippen molar-refractivity contribution in [2.45, 2.75) is 26.5 Å². The number of amides is 1. The van der Waals surface area contributed by atoms with Gasteiger partial charge in [0.05, 0.1) is 37.1 Å². The first-order valence-electron chi connectivity index (χ1n) is 15.5. The third kappa shape index (κ3) is 9.45. The summed E-state index contributed by atoms with van der Waals surface area (Å²) in [6.45, 7) is 3.05. The van der Waals surface area contributed by atoms with E-state index in [0.29, 0.717) is 45.9 Å². The van der Waals surface area contributed by atoms with Crippen molar-refractivity contribution >= 4 is 40.4 Å². The van der Waals surface area contributed by atoms with Crippen molar-refractivity contribution in [3.8, 4) is 22.9 Å². The van der Waals surface area contributed by atoms with Gasteiger partial charge < -0.3 is 35.5 Å². The fraction of sp³-hybridized carbons (Fsp3) is 0.167. The Labute approximate surface area is 295 Å². The summed E-state index contributed by atoms with van der Waals surface area (Å²) in [6.07, 6.45) is 2.01. The van der Waals surface area contributed by atoms with E-state index in [-0.39, 0.29) is 30.1 Å². The lowest BCUT2D eigenvalue weighted by atomic mass is 10.2. The van der Waals surface area contributed by atoms with Gasteiger partial charge >= 0.3 is 17.9 Å². The first-order valence-corrected chi connectivity index (χ1v) is 15.5. The smallest absolute Gasteiger partial charge is 0.328 e. The van der Waals surface area contributed by atoms with Crippen molar-refractivity contribution in [3.05, 3.63) is 119 Å². The number of aliphatic carboxylic acids is 2. The minimum absolute atomic E-state index is 0.0684. The SMILES string of the molecule is COc1ccc2c(Oc3ccc(NC(=O)c4c(C)n(C[C@H](C)OC(=O)CN)n(-c5ccccc5)c4=O)cc3F)ccnc2c1.O=C(O)C=CC(=O)O. The number of carbonyl (C=O) groups is 4. The summed E-state index contributed by atoms with van der Waals surface area (Å²) in [5, 5.41) is 18.9. The third-order valence-electron chi connectivity index (χ3n) is 7.24. The zero-order valence-corrected chi connectivity index (χ0v) is 28.1. The topological polar surface area (TPSA) is 214 Å². The summed E-state index contributed by atoms with van der Waals surface area (Å²) < 4.78 is 34.5. The number of nitrogens with zero attached hydrogens (tertiary/aromatic N) is 3.